The first kappa shape index (κ1) is 24.1. The van der Waals surface area contributed by atoms with Crippen LogP contribution in [-0.4, -0.2) is 32.6 Å². The molecule has 1 aromatic heterocycles. The number of nitrogens with one attached hydrogen (secondary N) is 1. The number of hydrogen-bond donors (Lipinski definition) is 1. The number of hydrogen-bond acceptors (Lipinski definition) is 5. The Kier molecular flexibility index (Phi) is 8.30. The summed E-state index contributed by atoms with van der Waals surface area (Å²) in [6.07, 6.45) is 7.17. The van der Waals surface area contributed by atoms with E-state index < -0.39 is 0 Å². The van der Waals surface area contributed by atoms with Crippen LogP contribution in [0.15, 0.2) is 52.7 Å². The van der Waals surface area contributed by atoms with Gasteiger partial charge in [0.2, 0.25) is 0 Å². The SMILES string of the molecule is O=C(CSc1nnc(-c2ccc(Cl)cc2)n1C1CCCCC1)N/N=C/c1c(Cl)cccc1Cl. The summed E-state index contributed by atoms with van der Waals surface area (Å²) < 4.78 is 2.17. The Morgan fingerprint density at radius 3 is 2.45 bits per heavy atom. The smallest absolute Gasteiger partial charge is 0.250 e. The average Bonchev–Trinajstić information content (AvgIpc) is 3.24. The van der Waals surface area contributed by atoms with Crippen LogP contribution in [0.3, 0.4) is 0 Å². The maximum absolute atomic E-state index is 12.4. The minimum atomic E-state index is -0.259. The van der Waals surface area contributed by atoms with Gasteiger partial charge in [0.15, 0.2) is 11.0 Å². The Balaban J connectivity index is 1.46. The highest BCUT2D eigenvalue weighted by molar-refractivity contribution is 7.99. The highest BCUT2D eigenvalue weighted by Gasteiger charge is 2.24. The first-order valence-corrected chi connectivity index (χ1v) is 12.7. The van der Waals surface area contributed by atoms with Gasteiger partial charge in [-0.05, 0) is 49.2 Å². The molecule has 0 radical (unpaired) electrons. The normalized spacial score (nSPS) is 14.6. The van der Waals surface area contributed by atoms with Crippen LogP contribution < -0.4 is 5.43 Å². The van der Waals surface area contributed by atoms with Crippen molar-refractivity contribution < 1.29 is 4.79 Å². The predicted molar refractivity (Wildman–Crippen MR) is 136 cm³/mol. The largest absolute Gasteiger partial charge is 0.299 e. The van der Waals surface area contributed by atoms with Gasteiger partial charge in [-0.25, -0.2) is 5.43 Å². The topological polar surface area (TPSA) is 72.2 Å². The van der Waals surface area contributed by atoms with E-state index in [9.17, 15) is 4.79 Å². The van der Waals surface area contributed by atoms with E-state index in [1.54, 1.807) is 18.2 Å². The van der Waals surface area contributed by atoms with E-state index in [-0.39, 0.29) is 11.7 Å². The molecule has 1 aliphatic carbocycles. The van der Waals surface area contributed by atoms with Crippen molar-refractivity contribution in [1.82, 2.24) is 20.2 Å². The van der Waals surface area contributed by atoms with E-state index in [4.69, 9.17) is 34.8 Å². The molecule has 0 atom stereocenters. The van der Waals surface area contributed by atoms with Crippen LogP contribution in [0.5, 0.6) is 0 Å². The molecule has 0 aliphatic heterocycles. The second kappa shape index (κ2) is 11.4. The van der Waals surface area contributed by atoms with Crippen molar-refractivity contribution in [2.45, 2.75) is 43.3 Å². The van der Waals surface area contributed by atoms with Crippen LogP contribution in [0.2, 0.25) is 15.1 Å². The number of nitrogens with zero attached hydrogens (tertiary/aromatic N) is 4. The fraction of sp³-hybridized carbons (Fsp3) is 0.304. The number of aromatic nitrogens is 3. The van der Waals surface area contributed by atoms with Gasteiger partial charge in [0.05, 0.1) is 22.0 Å². The summed E-state index contributed by atoms with van der Waals surface area (Å²) in [4.78, 5) is 12.4. The number of carbonyl (C=O) groups excluding carboxylic acids is 1. The lowest BCUT2D eigenvalue weighted by atomic mass is 9.95. The second-order valence-corrected chi connectivity index (χ2v) is 9.89. The maximum Gasteiger partial charge on any atom is 0.250 e. The van der Waals surface area contributed by atoms with E-state index in [1.807, 2.05) is 24.3 Å². The van der Waals surface area contributed by atoms with Gasteiger partial charge < -0.3 is 0 Å². The molecule has 0 unspecified atom stereocenters. The monoisotopic (exact) mass is 521 g/mol. The highest BCUT2D eigenvalue weighted by Crippen LogP contribution is 2.35. The number of rotatable bonds is 7. The van der Waals surface area contributed by atoms with Gasteiger partial charge in [-0.15, -0.1) is 10.2 Å². The molecule has 0 bridgehead atoms. The lowest BCUT2D eigenvalue weighted by Gasteiger charge is -2.25. The zero-order chi connectivity index (χ0) is 23.2. The van der Waals surface area contributed by atoms with Gasteiger partial charge in [-0.1, -0.05) is 71.9 Å². The maximum atomic E-state index is 12.4. The molecule has 33 heavy (non-hydrogen) atoms. The van der Waals surface area contributed by atoms with Crippen LogP contribution in [-0.2, 0) is 4.79 Å². The van der Waals surface area contributed by atoms with E-state index in [0.717, 1.165) is 29.4 Å². The van der Waals surface area contributed by atoms with Crippen molar-refractivity contribution in [2.75, 3.05) is 5.75 Å². The van der Waals surface area contributed by atoms with Gasteiger partial charge in [-0.3, -0.25) is 9.36 Å². The molecule has 10 heteroatoms. The Morgan fingerprint density at radius 2 is 1.76 bits per heavy atom. The number of amides is 1. The molecular weight excluding hydrogens is 501 g/mol. The molecule has 1 heterocycles. The Labute approximate surface area is 211 Å². The van der Waals surface area contributed by atoms with Crippen molar-refractivity contribution in [3.05, 3.63) is 63.1 Å². The third-order valence-corrected chi connectivity index (χ3v) is 7.28. The fourth-order valence-corrected chi connectivity index (χ4v) is 5.22. The summed E-state index contributed by atoms with van der Waals surface area (Å²) in [7, 11) is 0. The van der Waals surface area contributed by atoms with Gasteiger partial charge in [0.1, 0.15) is 0 Å². The molecule has 6 nitrogen and oxygen atoms in total. The molecule has 0 spiro atoms. The third kappa shape index (κ3) is 6.09. The lowest BCUT2D eigenvalue weighted by Crippen LogP contribution is -2.20. The van der Waals surface area contributed by atoms with E-state index in [1.165, 1.54) is 37.2 Å². The van der Waals surface area contributed by atoms with Crippen LogP contribution >= 0.6 is 46.6 Å². The quantitative estimate of drug-likeness (QED) is 0.214. The Morgan fingerprint density at radius 1 is 1.06 bits per heavy atom. The molecule has 0 saturated heterocycles. The lowest BCUT2D eigenvalue weighted by molar-refractivity contribution is -0.118. The van der Waals surface area contributed by atoms with Crippen molar-refractivity contribution in [3.8, 4) is 11.4 Å². The van der Waals surface area contributed by atoms with Crippen LogP contribution in [0.1, 0.15) is 43.7 Å². The number of halogens is 3. The van der Waals surface area contributed by atoms with Crippen LogP contribution in [0.25, 0.3) is 11.4 Å². The number of benzene rings is 2. The summed E-state index contributed by atoms with van der Waals surface area (Å²) in [5, 5.41) is 15.2. The van der Waals surface area contributed by atoms with Gasteiger partial charge in [0.25, 0.3) is 5.91 Å². The van der Waals surface area contributed by atoms with Crippen LogP contribution in [0, 0.1) is 0 Å². The van der Waals surface area contributed by atoms with Gasteiger partial charge >= 0.3 is 0 Å². The summed E-state index contributed by atoms with van der Waals surface area (Å²) >= 11 is 19.6. The molecule has 172 valence electrons. The van der Waals surface area contributed by atoms with E-state index in [0.29, 0.717) is 26.7 Å². The zero-order valence-electron chi connectivity index (χ0n) is 17.7. The molecule has 1 N–H and O–H groups in total. The highest BCUT2D eigenvalue weighted by atomic mass is 35.5. The molecule has 1 aliphatic rings. The first-order chi connectivity index (χ1) is 16.0. The van der Waals surface area contributed by atoms with Gasteiger partial charge in [0, 0.05) is 22.2 Å². The molecule has 1 fully saturated rings. The summed E-state index contributed by atoms with van der Waals surface area (Å²) in [6.45, 7) is 0. The standard InChI is InChI=1S/C23H22Cl3N5OS/c24-16-11-9-15(10-12-16)22-29-30-23(31(22)17-5-2-1-3-6-17)33-14-21(32)28-27-13-18-19(25)7-4-8-20(18)26/h4,7-13,17H,1-3,5-6,14H2,(H,28,32)/b27-13+. The van der Waals surface area contributed by atoms with Gasteiger partial charge in [-0.2, -0.15) is 5.10 Å². The average molecular weight is 523 g/mol. The van der Waals surface area contributed by atoms with Crippen molar-refractivity contribution >= 4 is 58.7 Å². The summed E-state index contributed by atoms with van der Waals surface area (Å²) in [5.74, 6) is 0.692. The van der Waals surface area contributed by atoms with Crippen molar-refractivity contribution in [3.63, 3.8) is 0 Å². The number of carbonyl (C=O) groups is 1. The molecule has 2 aromatic carbocycles. The third-order valence-electron chi connectivity index (χ3n) is 5.42. The van der Waals surface area contributed by atoms with Crippen molar-refractivity contribution in [2.24, 2.45) is 5.10 Å². The van der Waals surface area contributed by atoms with E-state index >= 15 is 0 Å². The minimum Gasteiger partial charge on any atom is -0.299 e. The van der Waals surface area contributed by atoms with Crippen LogP contribution in [0.4, 0.5) is 0 Å². The number of thioether (sulfide) groups is 1. The fourth-order valence-electron chi connectivity index (χ4n) is 3.80. The molecule has 1 saturated carbocycles. The van der Waals surface area contributed by atoms with E-state index in [2.05, 4.69) is 25.3 Å². The summed E-state index contributed by atoms with van der Waals surface area (Å²) in [5.41, 5.74) is 4.03. The Bertz CT molecular complexity index is 1120. The van der Waals surface area contributed by atoms with Crippen molar-refractivity contribution in [1.29, 1.82) is 0 Å². The number of hydrazone groups is 1. The second-order valence-electron chi connectivity index (χ2n) is 7.69. The summed E-state index contributed by atoms with van der Waals surface area (Å²) in [6, 6.07) is 13.1. The zero-order valence-corrected chi connectivity index (χ0v) is 20.8. The predicted octanol–water partition coefficient (Wildman–Crippen LogP) is 6.65. The molecule has 4 rings (SSSR count). The first-order valence-electron chi connectivity index (χ1n) is 10.6. The molecular formula is C23H22Cl3N5OS. The minimum absolute atomic E-state index is 0.152. The Hall–Kier alpha value is -2.06. The molecule has 1 amide bonds. The molecule has 3 aromatic rings.